The lowest BCUT2D eigenvalue weighted by atomic mass is 10.0. The number of amides is 3. The van der Waals surface area contributed by atoms with E-state index in [1.165, 1.54) is 35.6 Å². The van der Waals surface area contributed by atoms with Gasteiger partial charge in [0.25, 0.3) is 11.8 Å². The fraction of sp³-hybridized carbons (Fsp3) is 0.350. The first-order valence-electron chi connectivity index (χ1n) is 9.33. The highest BCUT2D eigenvalue weighted by Gasteiger charge is 2.43. The minimum Gasteiger partial charge on any atom is -0.337 e. The average Bonchev–Trinajstić information content (AvgIpc) is 3.32. The Labute approximate surface area is 165 Å². The number of hydrogen-bond donors (Lipinski definition) is 1. The van der Waals surface area contributed by atoms with Crippen LogP contribution in [0.3, 0.4) is 0 Å². The second kappa shape index (κ2) is 7.81. The second-order valence-corrected chi connectivity index (χ2v) is 8.10. The van der Waals surface area contributed by atoms with Crippen LogP contribution in [0, 0.1) is 5.82 Å². The Morgan fingerprint density at radius 1 is 1.11 bits per heavy atom. The Balaban J connectivity index is 1.34. The third-order valence-electron chi connectivity index (χ3n) is 5.33. The fourth-order valence-corrected chi connectivity index (χ4v) is 4.54. The normalized spacial score (nSPS) is 20.8. The minimum atomic E-state index is -0.456. The fourth-order valence-electron chi connectivity index (χ4n) is 3.85. The first-order valence-corrected chi connectivity index (χ1v) is 10.2. The van der Waals surface area contributed by atoms with Crippen LogP contribution in [0.15, 0.2) is 41.8 Å². The van der Waals surface area contributed by atoms with E-state index in [0.717, 1.165) is 22.6 Å². The maximum absolute atomic E-state index is 13.1. The molecule has 4 rings (SSSR count). The summed E-state index contributed by atoms with van der Waals surface area (Å²) < 4.78 is 13.1. The molecule has 3 amide bonds. The third kappa shape index (κ3) is 3.70. The van der Waals surface area contributed by atoms with E-state index in [2.05, 4.69) is 0 Å². The number of carbonyl (C=O) groups excluding carboxylic acids is 3. The van der Waals surface area contributed by atoms with Gasteiger partial charge in [0.05, 0.1) is 23.0 Å². The molecule has 28 heavy (non-hydrogen) atoms. The molecule has 2 saturated heterocycles. The van der Waals surface area contributed by atoms with Crippen molar-refractivity contribution in [2.24, 2.45) is 0 Å². The van der Waals surface area contributed by atoms with E-state index >= 15 is 0 Å². The maximum Gasteiger partial charge on any atom is 0.292 e. The van der Waals surface area contributed by atoms with Crippen LogP contribution in [0.25, 0.3) is 0 Å². The maximum atomic E-state index is 13.1. The molecule has 8 heteroatoms. The van der Waals surface area contributed by atoms with Crippen LogP contribution in [0.5, 0.6) is 0 Å². The Hall–Kier alpha value is -2.58. The van der Waals surface area contributed by atoms with Crippen LogP contribution in [0.1, 0.15) is 28.9 Å². The van der Waals surface area contributed by atoms with Crippen molar-refractivity contribution in [3.05, 3.63) is 52.5 Å². The van der Waals surface area contributed by atoms with Crippen molar-refractivity contribution in [3.63, 3.8) is 0 Å². The number of likely N-dealkylation sites (tertiary alicyclic amines) is 1. The van der Waals surface area contributed by atoms with Crippen LogP contribution < -0.4 is 10.2 Å². The molecule has 2 fully saturated rings. The summed E-state index contributed by atoms with van der Waals surface area (Å²) in [6.45, 7) is 1.29. The van der Waals surface area contributed by atoms with E-state index in [-0.39, 0.29) is 30.2 Å². The molecule has 1 atom stereocenters. The van der Waals surface area contributed by atoms with E-state index in [1.54, 1.807) is 0 Å². The first kappa shape index (κ1) is 18.8. The lowest BCUT2D eigenvalue weighted by Crippen LogP contribution is -2.97. The molecule has 146 valence electrons. The van der Waals surface area contributed by atoms with Crippen molar-refractivity contribution in [3.8, 4) is 0 Å². The predicted octanol–water partition coefficient (Wildman–Crippen LogP) is 1.39. The number of carbonyl (C=O) groups is 3. The Kier molecular flexibility index (Phi) is 5.23. The number of anilines is 1. The summed E-state index contributed by atoms with van der Waals surface area (Å²) in [5.74, 6) is -0.866. The van der Waals surface area contributed by atoms with Gasteiger partial charge in [-0.05, 0) is 35.7 Å². The standard InChI is InChI=1S/C20H20FN3O3S/c21-13-3-5-15(6-4-13)24-18(25)12-16(19(24)26)22-14-7-9-23(10-8-14)20(27)17-2-1-11-28-17/h1-6,11,14,16,22H,7-10,12H2/p+1/t16-/m1/s1. The molecule has 0 aliphatic carbocycles. The number of rotatable bonds is 4. The van der Waals surface area contributed by atoms with Crippen LogP contribution in [0.4, 0.5) is 10.1 Å². The molecule has 0 bridgehead atoms. The van der Waals surface area contributed by atoms with E-state index in [0.29, 0.717) is 18.8 Å². The lowest BCUT2D eigenvalue weighted by molar-refractivity contribution is -0.709. The molecule has 0 saturated carbocycles. The van der Waals surface area contributed by atoms with Gasteiger partial charge in [-0.1, -0.05) is 6.07 Å². The predicted molar refractivity (Wildman–Crippen MR) is 102 cm³/mol. The Morgan fingerprint density at radius 3 is 2.46 bits per heavy atom. The minimum absolute atomic E-state index is 0.0584. The first-order chi connectivity index (χ1) is 13.5. The number of piperidine rings is 1. The summed E-state index contributed by atoms with van der Waals surface area (Å²) in [6.07, 6.45) is 1.71. The summed E-state index contributed by atoms with van der Waals surface area (Å²) >= 11 is 1.44. The topological polar surface area (TPSA) is 74.3 Å². The Morgan fingerprint density at radius 2 is 1.82 bits per heavy atom. The molecule has 1 aromatic heterocycles. The van der Waals surface area contributed by atoms with Gasteiger partial charge in [0.1, 0.15) is 5.82 Å². The summed E-state index contributed by atoms with van der Waals surface area (Å²) in [5, 5.41) is 3.86. The molecule has 2 N–H and O–H groups in total. The molecular formula is C20H21FN3O3S+. The van der Waals surface area contributed by atoms with E-state index < -0.39 is 11.9 Å². The molecule has 2 aliphatic rings. The average molecular weight is 402 g/mol. The summed E-state index contributed by atoms with van der Waals surface area (Å²) in [7, 11) is 0. The monoisotopic (exact) mass is 402 g/mol. The lowest BCUT2D eigenvalue weighted by Gasteiger charge is -2.31. The van der Waals surface area contributed by atoms with Crippen LogP contribution in [0.2, 0.25) is 0 Å². The van der Waals surface area contributed by atoms with Gasteiger partial charge in [0.2, 0.25) is 5.91 Å². The quantitative estimate of drug-likeness (QED) is 0.786. The largest absolute Gasteiger partial charge is 0.337 e. The van der Waals surface area contributed by atoms with Gasteiger partial charge >= 0.3 is 0 Å². The van der Waals surface area contributed by atoms with Crippen LogP contribution in [-0.2, 0) is 9.59 Å². The Bertz CT molecular complexity index is 877. The van der Waals surface area contributed by atoms with Gasteiger partial charge < -0.3 is 10.2 Å². The zero-order chi connectivity index (χ0) is 19.7. The molecule has 2 aromatic rings. The van der Waals surface area contributed by atoms with E-state index in [9.17, 15) is 18.8 Å². The smallest absolute Gasteiger partial charge is 0.292 e. The highest BCUT2D eigenvalue weighted by molar-refractivity contribution is 7.12. The highest BCUT2D eigenvalue weighted by atomic mass is 32.1. The molecule has 6 nitrogen and oxygen atoms in total. The number of hydrogen-bond acceptors (Lipinski definition) is 4. The zero-order valence-corrected chi connectivity index (χ0v) is 16.0. The number of halogens is 1. The highest BCUT2D eigenvalue weighted by Crippen LogP contribution is 2.22. The number of thiophene rings is 1. The van der Waals surface area contributed by atoms with Gasteiger partial charge in [-0.15, -0.1) is 11.3 Å². The van der Waals surface area contributed by atoms with Crippen LogP contribution in [-0.4, -0.2) is 47.8 Å². The second-order valence-electron chi connectivity index (χ2n) is 7.15. The molecule has 2 aliphatic heterocycles. The number of quaternary nitrogens is 1. The van der Waals surface area contributed by atoms with Crippen molar-refractivity contribution in [1.82, 2.24) is 4.90 Å². The number of nitrogens with zero attached hydrogens (tertiary/aromatic N) is 2. The molecule has 0 unspecified atom stereocenters. The van der Waals surface area contributed by atoms with Gasteiger partial charge in [-0.2, -0.15) is 0 Å². The summed E-state index contributed by atoms with van der Waals surface area (Å²) in [5.41, 5.74) is 0.406. The van der Waals surface area contributed by atoms with Gasteiger partial charge in [0, 0.05) is 25.9 Å². The SMILES string of the molecule is O=C(c1cccs1)N1CCC([NH2+][C@@H]2CC(=O)N(c3ccc(F)cc3)C2=O)CC1. The van der Waals surface area contributed by atoms with Crippen LogP contribution >= 0.6 is 11.3 Å². The third-order valence-corrected chi connectivity index (χ3v) is 6.19. The molecular weight excluding hydrogens is 381 g/mol. The van der Waals surface area contributed by atoms with Gasteiger partial charge in [-0.3, -0.25) is 14.4 Å². The summed E-state index contributed by atoms with van der Waals surface area (Å²) in [6, 6.07) is 8.82. The van der Waals surface area contributed by atoms with Gasteiger partial charge in [-0.25, -0.2) is 9.29 Å². The van der Waals surface area contributed by atoms with Crippen molar-refractivity contribution in [1.29, 1.82) is 0 Å². The molecule has 0 radical (unpaired) electrons. The summed E-state index contributed by atoms with van der Waals surface area (Å²) in [4.78, 5) is 41.2. The number of imide groups is 1. The van der Waals surface area contributed by atoms with Crippen molar-refractivity contribution in [2.75, 3.05) is 18.0 Å². The molecule has 3 heterocycles. The van der Waals surface area contributed by atoms with Gasteiger partial charge in [0.15, 0.2) is 6.04 Å². The molecule has 0 spiro atoms. The molecule has 1 aromatic carbocycles. The van der Waals surface area contributed by atoms with Crippen molar-refractivity contribution < 1.29 is 24.1 Å². The van der Waals surface area contributed by atoms with Crippen molar-refractivity contribution in [2.45, 2.75) is 31.3 Å². The zero-order valence-electron chi connectivity index (χ0n) is 15.2. The van der Waals surface area contributed by atoms with Crippen molar-refractivity contribution >= 4 is 34.7 Å². The van der Waals surface area contributed by atoms with E-state index in [4.69, 9.17) is 0 Å². The number of nitrogens with two attached hydrogens (primary N) is 1. The van der Waals surface area contributed by atoms with E-state index in [1.807, 2.05) is 27.7 Å². The number of benzene rings is 1.